The third kappa shape index (κ3) is 4.40. The molecule has 30 heavy (non-hydrogen) atoms. The Labute approximate surface area is 175 Å². The molecule has 1 aromatic carbocycles. The lowest BCUT2D eigenvalue weighted by atomic mass is 9.97. The predicted molar refractivity (Wildman–Crippen MR) is 115 cm³/mol. The van der Waals surface area contributed by atoms with Crippen molar-refractivity contribution in [3.05, 3.63) is 66.1 Å². The highest BCUT2D eigenvalue weighted by atomic mass is 16.5. The molecule has 0 saturated heterocycles. The Morgan fingerprint density at radius 2 is 2.07 bits per heavy atom. The van der Waals surface area contributed by atoms with E-state index in [4.69, 9.17) is 4.74 Å². The van der Waals surface area contributed by atoms with E-state index in [2.05, 4.69) is 26.7 Å². The molecule has 0 radical (unpaired) electrons. The van der Waals surface area contributed by atoms with E-state index >= 15 is 0 Å². The predicted octanol–water partition coefficient (Wildman–Crippen LogP) is 3.96. The van der Waals surface area contributed by atoms with Crippen LogP contribution in [0.2, 0.25) is 0 Å². The number of nitrogens with one attached hydrogen (secondary N) is 1. The first-order valence-electron chi connectivity index (χ1n) is 10.2. The van der Waals surface area contributed by atoms with Crippen LogP contribution in [0.5, 0.6) is 5.75 Å². The van der Waals surface area contributed by atoms with Gasteiger partial charge in [-0.1, -0.05) is 22.9 Å². The van der Waals surface area contributed by atoms with Crippen molar-refractivity contribution in [3.63, 3.8) is 0 Å². The fourth-order valence-corrected chi connectivity index (χ4v) is 3.68. The number of carbonyl (C=O) groups is 1. The number of benzene rings is 1. The smallest absolute Gasteiger partial charge is 0.274 e. The second-order valence-electron chi connectivity index (χ2n) is 7.25. The molecule has 7 heteroatoms. The highest BCUT2D eigenvalue weighted by Crippen LogP contribution is 2.26. The van der Waals surface area contributed by atoms with Gasteiger partial charge < -0.3 is 10.1 Å². The lowest BCUT2D eigenvalue weighted by Gasteiger charge is -2.13. The summed E-state index contributed by atoms with van der Waals surface area (Å²) in [5.41, 5.74) is 3.93. The van der Waals surface area contributed by atoms with Crippen molar-refractivity contribution in [2.24, 2.45) is 0 Å². The molecule has 4 rings (SSSR count). The molecule has 0 spiro atoms. The number of carbonyl (C=O) groups excluding carboxylic acids is 1. The number of ether oxygens (including phenoxy) is 1. The van der Waals surface area contributed by atoms with Crippen LogP contribution in [0, 0.1) is 0 Å². The number of nitrogens with zero attached hydrogens (tertiary/aromatic N) is 4. The van der Waals surface area contributed by atoms with Gasteiger partial charge >= 0.3 is 0 Å². The largest absolute Gasteiger partial charge is 0.497 e. The van der Waals surface area contributed by atoms with Crippen molar-refractivity contribution in [1.82, 2.24) is 25.3 Å². The van der Waals surface area contributed by atoms with Gasteiger partial charge in [0.1, 0.15) is 11.4 Å². The topological polar surface area (TPSA) is 81.9 Å². The quantitative estimate of drug-likeness (QED) is 0.604. The van der Waals surface area contributed by atoms with E-state index in [9.17, 15) is 4.79 Å². The minimum atomic E-state index is -0.229. The van der Waals surface area contributed by atoms with Crippen molar-refractivity contribution in [1.29, 1.82) is 0 Å². The molecule has 1 amide bonds. The summed E-state index contributed by atoms with van der Waals surface area (Å²) < 4.78 is 6.99. The third-order valence-corrected chi connectivity index (χ3v) is 5.25. The molecule has 154 valence electrons. The number of amides is 1. The van der Waals surface area contributed by atoms with Crippen LogP contribution in [0.15, 0.2) is 60.4 Å². The number of allylic oxidation sites excluding steroid dienone is 1. The number of pyridine rings is 1. The Hall–Kier alpha value is -3.48. The van der Waals surface area contributed by atoms with Gasteiger partial charge in [0.25, 0.3) is 5.91 Å². The number of rotatable bonds is 7. The maximum absolute atomic E-state index is 13.0. The Morgan fingerprint density at radius 3 is 2.83 bits per heavy atom. The number of hydrogen-bond acceptors (Lipinski definition) is 5. The maximum atomic E-state index is 13.0. The highest BCUT2D eigenvalue weighted by Gasteiger charge is 2.22. The summed E-state index contributed by atoms with van der Waals surface area (Å²) in [5.74, 6) is 0.475. The standard InChI is InChI=1S/C23H25N5O2/c1-30-20-9-5-8-19(16-20)28-22(18-11-13-24-14-12-18)21(26-27-28)23(29)25-15-10-17-6-3-2-4-7-17/h5-6,8-9,11-14,16H,2-4,7,10,15H2,1H3,(H,25,29). The van der Waals surface area contributed by atoms with Crippen molar-refractivity contribution < 1.29 is 9.53 Å². The van der Waals surface area contributed by atoms with E-state index < -0.39 is 0 Å². The Balaban J connectivity index is 1.61. The summed E-state index contributed by atoms with van der Waals surface area (Å²) in [6.45, 7) is 0.590. The molecule has 0 saturated carbocycles. The first-order chi connectivity index (χ1) is 14.8. The molecule has 2 aromatic heterocycles. The zero-order valence-electron chi connectivity index (χ0n) is 17.0. The summed E-state index contributed by atoms with van der Waals surface area (Å²) in [7, 11) is 1.62. The summed E-state index contributed by atoms with van der Waals surface area (Å²) in [6, 6.07) is 11.2. The second kappa shape index (κ2) is 9.35. The van der Waals surface area contributed by atoms with Crippen LogP contribution in [0.25, 0.3) is 16.9 Å². The van der Waals surface area contributed by atoms with Gasteiger partial charge in [-0.15, -0.1) is 5.10 Å². The molecule has 7 nitrogen and oxygen atoms in total. The van der Waals surface area contributed by atoms with E-state index in [0.29, 0.717) is 23.7 Å². The molecule has 0 aliphatic heterocycles. The van der Waals surface area contributed by atoms with Gasteiger partial charge in [0, 0.05) is 30.6 Å². The van der Waals surface area contributed by atoms with Gasteiger partial charge in [0.2, 0.25) is 0 Å². The molecule has 1 aliphatic carbocycles. The van der Waals surface area contributed by atoms with Crippen LogP contribution in [0.3, 0.4) is 0 Å². The number of methoxy groups -OCH3 is 1. The highest BCUT2D eigenvalue weighted by molar-refractivity contribution is 5.98. The average molecular weight is 403 g/mol. The Bertz CT molecular complexity index is 1040. The molecule has 3 aromatic rings. The van der Waals surface area contributed by atoms with Crippen LogP contribution in [0.4, 0.5) is 0 Å². The molecular weight excluding hydrogens is 378 g/mol. The van der Waals surface area contributed by atoms with Gasteiger partial charge in [-0.3, -0.25) is 9.78 Å². The van der Waals surface area contributed by atoms with Crippen LogP contribution >= 0.6 is 0 Å². The third-order valence-electron chi connectivity index (χ3n) is 5.25. The van der Waals surface area contributed by atoms with Crippen LogP contribution in [-0.2, 0) is 0 Å². The molecule has 0 fully saturated rings. The van der Waals surface area contributed by atoms with Crippen LogP contribution < -0.4 is 10.1 Å². The second-order valence-corrected chi connectivity index (χ2v) is 7.25. The lowest BCUT2D eigenvalue weighted by molar-refractivity contribution is 0.0949. The van der Waals surface area contributed by atoms with Crippen molar-refractivity contribution in [2.45, 2.75) is 32.1 Å². The lowest BCUT2D eigenvalue weighted by Crippen LogP contribution is -2.26. The van der Waals surface area contributed by atoms with Crippen molar-refractivity contribution >= 4 is 5.91 Å². The van der Waals surface area contributed by atoms with Gasteiger partial charge in [-0.2, -0.15) is 0 Å². The van der Waals surface area contributed by atoms with E-state index in [1.54, 1.807) is 24.2 Å². The molecule has 0 bridgehead atoms. The molecule has 1 aliphatic rings. The van der Waals surface area contributed by atoms with Gasteiger partial charge in [-0.25, -0.2) is 4.68 Å². The summed E-state index contributed by atoms with van der Waals surface area (Å²) in [5, 5.41) is 11.5. The number of aromatic nitrogens is 4. The van der Waals surface area contributed by atoms with Crippen LogP contribution in [0.1, 0.15) is 42.6 Å². The molecule has 2 heterocycles. The minimum Gasteiger partial charge on any atom is -0.497 e. The average Bonchev–Trinajstić information content (AvgIpc) is 3.26. The van der Waals surface area contributed by atoms with E-state index in [1.165, 1.54) is 18.4 Å². The Kier molecular flexibility index (Phi) is 6.17. The van der Waals surface area contributed by atoms with Gasteiger partial charge in [0.15, 0.2) is 5.69 Å². The monoisotopic (exact) mass is 403 g/mol. The number of hydrogen-bond donors (Lipinski definition) is 1. The van der Waals surface area contributed by atoms with Crippen molar-refractivity contribution in [3.8, 4) is 22.7 Å². The summed E-state index contributed by atoms with van der Waals surface area (Å²) in [4.78, 5) is 17.0. The first-order valence-corrected chi connectivity index (χ1v) is 10.2. The van der Waals surface area contributed by atoms with Crippen LogP contribution in [-0.4, -0.2) is 39.5 Å². The zero-order valence-corrected chi connectivity index (χ0v) is 17.0. The maximum Gasteiger partial charge on any atom is 0.274 e. The molecule has 0 unspecified atom stereocenters. The van der Waals surface area contributed by atoms with E-state index in [1.807, 2.05) is 36.4 Å². The molecule has 0 atom stereocenters. The first kappa shape index (κ1) is 19.8. The van der Waals surface area contributed by atoms with Gasteiger partial charge in [-0.05, 0) is 56.4 Å². The minimum absolute atomic E-state index is 0.229. The Morgan fingerprint density at radius 1 is 1.20 bits per heavy atom. The molecular formula is C23H25N5O2. The summed E-state index contributed by atoms with van der Waals surface area (Å²) in [6.07, 6.45) is 11.3. The normalized spacial score (nSPS) is 13.6. The van der Waals surface area contributed by atoms with Crippen molar-refractivity contribution in [2.75, 3.05) is 13.7 Å². The van der Waals surface area contributed by atoms with E-state index in [-0.39, 0.29) is 5.91 Å². The van der Waals surface area contributed by atoms with E-state index in [0.717, 1.165) is 30.5 Å². The van der Waals surface area contributed by atoms with Gasteiger partial charge in [0.05, 0.1) is 12.8 Å². The fourth-order valence-electron chi connectivity index (χ4n) is 3.68. The SMILES string of the molecule is COc1cccc(-n2nnc(C(=O)NCCC3=CCCCC3)c2-c2ccncc2)c1. The zero-order chi connectivity index (χ0) is 20.8. The molecule has 1 N–H and O–H groups in total. The fraction of sp³-hybridized carbons (Fsp3) is 0.304. The summed E-state index contributed by atoms with van der Waals surface area (Å²) >= 11 is 0.